The molecule has 8 amide bonds. The maximum atomic E-state index is 13.5. The van der Waals surface area contributed by atoms with Gasteiger partial charge in [0.15, 0.2) is 0 Å². The highest BCUT2D eigenvalue weighted by atomic mass is 16.3. The number of amides is 8. The van der Waals surface area contributed by atoms with Gasteiger partial charge in [0.05, 0.1) is 22.3 Å². The number of hydrogen-bond donors (Lipinski definition) is 4. The van der Waals surface area contributed by atoms with Gasteiger partial charge in [0.1, 0.15) is 25.5 Å². The van der Waals surface area contributed by atoms with E-state index < -0.39 is 72.8 Å². The normalized spacial score (nSPS) is 20.3. The van der Waals surface area contributed by atoms with Crippen molar-refractivity contribution in [2.75, 3.05) is 24.1 Å². The number of rotatable bonds is 10. The first-order valence-corrected chi connectivity index (χ1v) is 16.5. The second kappa shape index (κ2) is 13.5. The van der Waals surface area contributed by atoms with Crippen molar-refractivity contribution >= 4 is 58.6 Å². The molecule has 52 heavy (non-hydrogen) atoms. The van der Waals surface area contributed by atoms with Crippen molar-refractivity contribution in [3.8, 4) is 0 Å². The first-order chi connectivity index (χ1) is 25.0. The molecule has 4 heterocycles. The van der Waals surface area contributed by atoms with Crippen LogP contribution in [0.25, 0.3) is 0 Å². The number of piperidine rings is 2. The van der Waals surface area contributed by atoms with Gasteiger partial charge in [-0.2, -0.15) is 0 Å². The fraction of sp³-hybridized carbons (Fsp3) is 0.278. The minimum Gasteiger partial charge on any atom is -0.380 e. The maximum absolute atomic E-state index is 13.5. The molecule has 4 N–H and O–H groups in total. The van der Waals surface area contributed by atoms with Crippen LogP contribution in [0.2, 0.25) is 0 Å². The molecule has 0 spiro atoms. The molecule has 0 saturated carbocycles. The van der Waals surface area contributed by atoms with E-state index in [1.807, 2.05) is 24.3 Å². The van der Waals surface area contributed by atoms with Crippen molar-refractivity contribution < 1.29 is 48.6 Å². The van der Waals surface area contributed by atoms with Crippen LogP contribution in [0.3, 0.4) is 0 Å². The van der Waals surface area contributed by atoms with Gasteiger partial charge in [0, 0.05) is 37.3 Å². The monoisotopic (exact) mass is 708 g/mol. The van der Waals surface area contributed by atoms with Crippen LogP contribution in [0.1, 0.15) is 78.2 Å². The van der Waals surface area contributed by atoms with Crippen LogP contribution in [-0.4, -0.2) is 103 Å². The first-order valence-electron chi connectivity index (χ1n) is 16.5. The van der Waals surface area contributed by atoms with Gasteiger partial charge in [-0.25, -0.2) is 0 Å². The van der Waals surface area contributed by atoms with Gasteiger partial charge in [-0.3, -0.25) is 58.0 Å². The summed E-state index contributed by atoms with van der Waals surface area (Å²) < 4.78 is 0. The predicted molar refractivity (Wildman–Crippen MR) is 179 cm³/mol. The van der Waals surface area contributed by atoms with E-state index in [4.69, 9.17) is 0 Å². The number of aliphatic hydroxyl groups is 2. The van der Waals surface area contributed by atoms with E-state index >= 15 is 0 Å². The Hall–Kier alpha value is -6.26. The number of aliphatic hydroxyl groups excluding tert-OH is 2. The summed E-state index contributed by atoms with van der Waals surface area (Å²) in [6, 6.07) is 14.5. The van der Waals surface area contributed by atoms with Gasteiger partial charge in [-0.05, 0) is 48.2 Å². The van der Waals surface area contributed by atoms with Crippen molar-refractivity contribution in [1.82, 2.24) is 19.6 Å². The lowest BCUT2D eigenvalue weighted by Crippen LogP contribution is -2.56. The molecule has 3 aromatic carbocycles. The van der Waals surface area contributed by atoms with Crippen LogP contribution < -0.4 is 10.6 Å². The highest BCUT2D eigenvalue weighted by molar-refractivity contribution is 6.26. The zero-order valence-corrected chi connectivity index (χ0v) is 27.5. The molecular weight excluding hydrogens is 676 g/mol. The number of carbonyl (C=O) groups excluding carboxylic acids is 8. The molecule has 4 aliphatic heterocycles. The number of hydrogen-bond acceptors (Lipinski definition) is 12. The number of nitrogens with one attached hydrogen (secondary N) is 2. The summed E-state index contributed by atoms with van der Waals surface area (Å²) in [7, 11) is 0. The Bertz CT molecular complexity index is 1930. The van der Waals surface area contributed by atoms with E-state index in [1.165, 1.54) is 12.1 Å². The third kappa shape index (κ3) is 5.57. The molecule has 2 atom stereocenters. The van der Waals surface area contributed by atoms with E-state index in [9.17, 15) is 48.6 Å². The van der Waals surface area contributed by atoms with Crippen molar-refractivity contribution in [3.05, 3.63) is 94.0 Å². The Labute approximate surface area is 295 Å². The summed E-state index contributed by atoms with van der Waals surface area (Å²) >= 11 is 0. The first kappa shape index (κ1) is 34.2. The van der Waals surface area contributed by atoms with Gasteiger partial charge in [0.25, 0.3) is 35.4 Å². The fourth-order valence-electron chi connectivity index (χ4n) is 7.06. The van der Waals surface area contributed by atoms with E-state index in [1.54, 1.807) is 24.3 Å². The Balaban J connectivity index is 1.00. The number of carbonyl (C=O) groups is 8. The molecule has 3 aromatic rings. The summed E-state index contributed by atoms with van der Waals surface area (Å²) in [5.74, 6) is -5.39. The Kier molecular flexibility index (Phi) is 8.85. The summed E-state index contributed by atoms with van der Waals surface area (Å²) in [6.07, 6.45) is -0.248. The fourth-order valence-corrected chi connectivity index (χ4v) is 7.06. The van der Waals surface area contributed by atoms with Crippen LogP contribution >= 0.6 is 0 Å². The van der Waals surface area contributed by atoms with Gasteiger partial charge in [0.2, 0.25) is 11.8 Å². The second-order valence-electron chi connectivity index (χ2n) is 12.7. The lowest BCUT2D eigenvalue weighted by atomic mass is 10.0. The molecule has 0 radical (unpaired) electrons. The van der Waals surface area contributed by atoms with Crippen molar-refractivity contribution in [2.45, 2.75) is 50.9 Å². The highest BCUT2D eigenvalue weighted by Gasteiger charge is 2.49. The molecule has 4 aliphatic rings. The van der Waals surface area contributed by atoms with Crippen LogP contribution in [0.15, 0.2) is 60.7 Å². The molecule has 0 bridgehead atoms. The Morgan fingerprint density at radius 2 is 0.923 bits per heavy atom. The maximum Gasteiger partial charge on any atom is 0.264 e. The van der Waals surface area contributed by atoms with Gasteiger partial charge in [-0.1, -0.05) is 36.4 Å². The van der Waals surface area contributed by atoms with Crippen molar-refractivity contribution in [2.24, 2.45) is 0 Å². The molecule has 2 saturated heterocycles. The SMILES string of the molecule is O=C1CCC(N2C(=O)c3cccc(NCc4ccc(CNc5cccc6c5C(=O)N(C5CCC(=O)N(CO)C5=O)C6=O)cc4)c3C2=O)C(=O)N1CO. The number of imide groups is 4. The van der Waals surface area contributed by atoms with E-state index in [0.717, 1.165) is 20.9 Å². The number of nitrogens with zero attached hydrogens (tertiary/aromatic N) is 4. The quantitative estimate of drug-likeness (QED) is 0.218. The minimum absolute atomic E-state index is 0.0296. The lowest BCUT2D eigenvalue weighted by Gasteiger charge is -2.33. The number of likely N-dealkylation sites (tertiary alicyclic amines) is 2. The molecule has 0 aliphatic carbocycles. The topological polar surface area (TPSA) is 214 Å². The Morgan fingerprint density at radius 3 is 1.29 bits per heavy atom. The summed E-state index contributed by atoms with van der Waals surface area (Å²) in [5, 5.41) is 25.3. The van der Waals surface area contributed by atoms with E-state index in [-0.39, 0.29) is 61.0 Å². The van der Waals surface area contributed by atoms with E-state index in [0.29, 0.717) is 21.2 Å². The Morgan fingerprint density at radius 1 is 0.538 bits per heavy atom. The minimum atomic E-state index is -1.20. The molecule has 0 aromatic heterocycles. The van der Waals surface area contributed by atoms with E-state index in [2.05, 4.69) is 10.6 Å². The molecule has 266 valence electrons. The lowest BCUT2D eigenvalue weighted by molar-refractivity contribution is -0.157. The standard InChI is InChI=1S/C36H32N6O10/c43-17-39-27(45)13-11-25(33(39)49)41-31(47)21-3-1-5-23(29(21)35(41)51)37-15-19-7-9-20(10-8-19)16-38-24-6-2-4-22-30(24)36(52)42(32(22)48)26-12-14-28(46)40(18-44)34(26)50/h1-10,25-26,37-38,43-44H,11-18H2. The molecule has 2 fully saturated rings. The van der Waals surface area contributed by atoms with Crippen LogP contribution in [-0.2, 0) is 32.3 Å². The average Bonchev–Trinajstić information content (AvgIpc) is 3.55. The van der Waals surface area contributed by atoms with Crippen molar-refractivity contribution in [1.29, 1.82) is 0 Å². The number of anilines is 2. The molecule has 7 rings (SSSR count). The second-order valence-corrected chi connectivity index (χ2v) is 12.7. The molecule has 2 unspecified atom stereocenters. The molecular formula is C36H32N6O10. The highest BCUT2D eigenvalue weighted by Crippen LogP contribution is 2.35. The number of benzene rings is 3. The predicted octanol–water partition coefficient (Wildman–Crippen LogP) is 1.04. The van der Waals surface area contributed by atoms with Gasteiger partial charge >= 0.3 is 0 Å². The average molecular weight is 709 g/mol. The zero-order valence-electron chi connectivity index (χ0n) is 27.5. The zero-order chi connectivity index (χ0) is 36.8. The van der Waals surface area contributed by atoms with Gasteiger partial charge < -0.3 is 20.8 Å². The summed E-state index contributed by atoms with van der Waals surface area (Å²) in [6.45, 7) is -1.13. The summed E-state index contributed by atoms with van der Waals surface area (Å²) in [4.78, 5) is 106. The number of fused-ring (bicyclic) bond motifs is 2. The third-order valence-corrected chi connectivity index (χ3v) is 9.76. The molecule has 16 heteroatoms. The van der Waals surface area contributed by atoms with Crippen molar-refractivity contribution in [3.63, 3.8) is 0 Å². The van der Waals surface area contributed by atoms with Crippen LogP contribution in [0.4, 0.5) is 11.4 Å². The largest absolute Gasteiger partial charge is 0.380 e. The summed E-state index contributed by atoms with van der Waals surface area (Å²) in [5.41, 5.74) is 2.92. The van der Waals surface area contributed by atoms with Crippen LogP contribution in [0, 0.1) is 0 Å². The van der Waals surface area contributed by atoms with Gasteiger partial charge in [-0.15, -0.1) is 0 Å². The molecule has 16 nitrogen and oxygen atoms in total. The van der Waals surface area contributed by atoms with Crippen LogP contribution in [0.5, 0.6) is 0 Å². The third-order valence-electron chi connectivity index (χ3n) is 9.76. The smallest absolute Gasteiger partial charge is 0.264 e.